The lowest BCUT2D eigenvalue weighted by Crippen LogP contribution is -2.47. The third-order valence-electron chi connectivity index (χ3n) is 3.03. The molecule has 0 fully saturated rings. The minimum atomic E-state index is -4.49. The van der Waals surface area contributed by atoms with Gasteiger partial charge in [-0.1, -0.05) is 30.3 Å². The molecule has 0 radical (unpaired) electrons. The number of hydrogen-bond acceptors (Lipinski definition) is 3. The van der Waals surface area contributed by atoms with E-state index in [1.165, 1.54) is 11.8 Å². The van der Waals surface area contributed by atoms with Gasteiger partial charge in [-0.15, -0.1) is 11.8 Å². The number of aromatic nitrogens is 1. The lowest BCUT2D eigenvalue weighted by atomic mass is 10.1. The highest BCUT2D eigenvalue weighted by atomic mass is 32.2. The number of pyridine rings is 1. The summed E-state index contributed by atoms with van der Waals surface area (Å²) < 4.78 is 39.3. The lowest BCUT2D eigenvalue weighted by Gasteiger charge is -2.21. The molecule has 0 aliphatic carbocycles. The van der Waals surface area contributed by atoms with E-state index in [2.05, 4.69) is 10.3 Å². The van der Waals surface area contributed by atoms with Crippen molar-refractivity contribution in [1.29, 1.82) is 0 Å². The first-order valence-electron chi connectivity index (χ1n) is 6.88. The van der Waals surface area contributed by atoms with E-state index in [1.54, 1.807) is 54.9 Å². The van der Waals surface area contributed by atoms with Gasteiger partial charge in [0.2, 0.25) is 5.91 Å². The van der Waals surface area contributed by atoms with Gasteiger partial charge in [0.15, 0.2) is 0 Å². The highest BCUT2D eigenvalue weighted by molar-refractivity contribution is 8.00. The monoisotopic (exact) mass is 340 g/mol. The number of amides is 1. The third kappa shape index (κ3) is 5.94. The molecular weight excluding hydrogens is 325 g/mol. The van der Waals surface area contributed by atoms with Crippen molar-refractivity contribution < 1.29 is 18.0 Å². The predicted molar refractivity (Wildman–Crippen MR) is 83.1 cm³/mol. The van der Waals surface area contributed by atoms with E-state index in [0.717, 1.165) is 4.90 Å². The number of nitrogens with zero attached hydrogens (tertiary/aromatic N) is 1. The average molecular weight is 340 g/mol. The fourth-order valence-electron chi connectivity index (χ4n) is 1.92. The fraction of sp³-hybridized carbons (Fsp3) is 0.250. The number of thioether (sulfide) groups is 1. The van der Waals surface area contributed by atoms with Crippen molar-refractivity contribution in [3.05, 3.63) is 60.4 Å². The smallest absolute Gasteiger partial charge is 0.343 e. The molecule has 1 aromatic carbocycles. The molecular formula is C16H15F3N2OS. The first-order chi connectivity index (χ1) is 10.9. The Balaban J connectivity index is 1.93. The van der Waals surface area contributed by atoms with Crippen LogP contribution in [0.3, 0.4) is 0 Å². The average Bonchev–Trinajstić information content (AvgIpc) is 2.53. The van der Waals surface area contributed by atoms with Crippen LogP contribution in [0.1, 0.15) is 5.56 Å². The summed E-state index contributed by atoms with van der Waals surface area (Å²) in [6.45, 7) is 0. The van der Waals surface area contributed by atoms with Gasteiger partial charge < -0.3 is 5.32 Å². The normalized spacial score (nSPS) is 12.7. The van der Waals surface area contributed by atoms with Crippen molar-refractivity contribution in [3.8, 4) is 0 Å². The Morgan fingerprint density at radius 3 is 2.39 bits per heavy atom. The number of halogens is 3. The Hall–Kier alpha value is -2.02. The largest absolute Gasteiger partial charge is 0.408 e. The van der Waals surface area contributed by atoms with Gasteiger partial charge in [0.1, 0.15) is 6.04 Å². The number of carbonyl (C=O) groups is 1. The number of alkyl halides is 3. The molecule has 0 aliphatic rings. The van der Waals surface area contributed by atoms with Crippen molar-refractivity contribution >= 4 is 17.7 Å². The topological polar surface area (TPSA) is 42.0 Å². The zero-order valence-electron chi connectivity index (χ0n) is 12.1. The van der Waals surface area contributed by atoms with Gasteiger partial charge in [-0.25, -0.2) is 0 Å². The van der Waals surface area contributed by atoms with Gasteiger partial charge in [-0.3, -0.25) is 9.78 Å². The molecule has 122 valence electrons. The van der Waals surface area contributed by atoms with Crippen LogP contribution in [-0.4, -0.2) is 28.9 Å². The standard InChI is InChI=1S/C16H15F3N2OS/c17-16(18,19)14(10-12-4-2-1-3-5-12)21-15(22)11-23-13-6-8-20-9-7-13/h1-9,14H,10-11H2,(H,21,22). The second-order valence-electron chi connectivity index (χ2n) is 4.82. The van der Waals surface area contributed by atoms with Crippen molar-refractivity contribution in [2.24, 2.45) is 0 Å². The summed E-state index contributed by atoms with van der Waals surface area (Å²) in [5.74, 6) is -0.726. The number of carbonyl (C=O) groups excluding carboxylic acids is 1. The summed E-state index contributed by atoms with van der Waals surface area (Å²) >= 11 is 1.17. The molecule has 0 bridgehead atoms. The Kier molecular flexibility index (Phi) is 6.04. The maximum Gasteiger partial charge on any atom is 0.408 e. The number of nitrogens with one attached hydrogen (secondary N) is 1. The summed E-state index contributed by atoms with van der Waals surface area (Å²) in [5, 5.41) is 2.08. The highest BCUT2D eigenvalue weighted by Gasteiger charge is 2.40. The van der Waals surface area contributed by atoms with Crippen molar-refractivity contribution in [1.82, 2.24) is 10.3 Å². The first-order valence-corrected chi connectivity index (χ1v) is 7.86. The summed E-state index contributed by atoms with van der Waals surface area (Å²) in [5.41, 5.74) is 0.525. The van der Waals surface area contributed by atoms with Gasteiger partial charge >= 0.3 is 6.18 Å². The van der Waals surface area contributed by atoms with Crippen molar-refractivity contribution in [3.63, 3.8) is 0 Å². The fourth-order valence-corrected chi connectivity index (χ4v) is 2.61. The van der Waals surface area contributed by atoms with Crippen LogP contribution in [0.15, 0.2) is 59.8 Å². The van der Waals surface area contributed by atoms with Gasteiger partial charge in [-0.05, 0) is 17.7 Å². The quantitative estimate of drug-likeness (QED) is 0.819. The molecule has 1 unspecified atom stereocenters. The molecule has 0 saturated carbocycles. The van der Waals surface area contributed by atoms with Crippen LogP contribution < -0.4 is 5.32 Å². The predicted octanol–water partition coefficient (Wildman–Crippen LogP) is 3.46. The molecule has 0 saturated heterocycles. The molecule has 1 heterocycles. The van der Waals surface area contributed by atoms with Crippen LogP contribution in [0, 0.1) is 0 Å². The molecule has 0 spiro atoms. The second-order valence-corrected chi connectivity index (χ2v) is 5.87. The van der Waals surface area contributed by atoms with Gasteiger partial charge in [-0.2, -0.15) is 13.2 Å². The SMILES string of the molecule is O=C(CSc1ccncc1)NC(Cc1ccccc1)C(F)(F)F. The van der Waals surface area contributed by atoms with E-state index >= 15 is 0 Å². The minimum absolute atomic E-state index is 0.0780. The van der Waals surface area contributed by atoms with E-state index in [-0.39, 0.29) is 12.2 Å². The molecule has 0 aliphatic heterocycles. The first kappa shape index (κ1) is 17.3. The van der Waals surface area contributed by atoms with E-state index in [0.29, 0.717) is 5.56 Å². The molecule has 7 heteroatoms. The molecule has 2 aromatic rings. The van der Waals surface area contributed by atoms with E-state index in [9.17, 15) is 18.0 Å². The molecule has 1 aromatic heterocycles. The molecule has 23 heavy (non-hydrogen) atoms. The lowest BCUT2D eigenvalue weighted by molar-refractivity contribution is -0.160. The van der Waals surface area contributed by atoms with Crippen LogP contribution in [-0.2, 0) is 11.2 Å². The molecule has 1 atom stereocenters. The summed E-state index contributed by atoms with van der Waals surface area (Å²) in [6, 6.07) is 9.79. The Morgan fingerprint density at radius 2 is 1.78 bits per heavy atom. The zero-order chi connectivity index (χ0) is 16.7. The summed E-state index contributed by atoms with van der Waals surface area (Å²) in [4.78, 5) is 16.4. The van der Waals surface area contributed by atoms with E-state index < -0.39 is 18.1 Å². The van der Waals surface area contributed by atoms with Gasteiger partial charge in [0.05, 0.1) is 5.75 Å². The number of benzene rings is 1. The number of rotatable bonds is 6. The van der Waals surface area contributed by atoms with Crippen molar-refractivity contribution in [2.75, 3.05) is 5.75 Å². The van der Waals surface area contributed by atoms with Gasteiger partial charge in [0.25, 0.3) is 0 Å². The Bertz CT molecular complexity index is 620. The van der Waals surface area contributed by atoms with Crippen LogP contribution in [0.25, 0.3) is 0 Å². The highest BCUT2D eigenvalue weighted by Crippen LogP contribution is 2.24. The molecule has 3 nitrogen and oxygen atoms in total. The minimum Gasteiger partial charge on any atom is -0.343 e. The zero-order valence-corrected chi connectivity index (χ0v) is 12.9. The number of hydrogen-bond donors (Lipinski definition) is 1. The molecule has 2 rings (SSSR count). The third-order valence-corrected chi connectivity index (χ3v) is 4.04. The van der Waals surface area contributed by atoms with E-state index in [1.807, 2.05) is 0 Å². The van der Waals surface area contributed by atoms with Crippen LogP contribution >= 0.6 is 11.8 Å². The summed E-state index contributed by atoms with van der Waals surface area (Å²) in [6.07, 6.45) is -1.65. The van der Waals surface area contributed by atoms with Crippen LogP contribution in [0.5, 0.6) is 0 Å². The van der Waals surface area contributed by atoms with Gasteiger partial charge in [0, 0.05) is 23.7 Å². The van der Waals surface area contributed by atoms with Crippen molar-refractivity contribution in [2.45, 2.75) is 23.5 Å². The van der Waals surface area contributed by atoms with E-state index in [4.69, 9.17) is 0 Å². The van der Waals surface area contributed by atoms with Crippen LogP contribution in [0.2, 0.25) is 0 Å². The van der Waals surface area contributed by atoms with Crippen LogP contribution in [0.4, 0.5) is 13.2 Å². The molecule has 1 N–H and O–H groups in total. The summed E-state index contributed by atoms with van der Waals surface area (Å²) in [7, 11) is 0. The molecule has 1 amide bonds. The Morgan fingerprint density at radius 1 is 1.13 bits per heavy atom. The Labute approximate surface area is 136 Å². The second kappa shape index (κ2) is 8.01. The maximum absolute atomic E-state index is 13.1. The maximum atomic E-state index is 13.1.